The zero-order chi connectivity index (χ0) is 12.7. The zero-order valence-electron chi connectivity index (χ0n) is 10.7. The maximum absolute atomic E-state index is 12.2. The Labute approximate surface area is 112 Å². The first kappa shape index (κ1) is 12.3. The van der Waals surface area contributed by atoms with Crippen LogP contribution in [0.5, 0.6) is 0 Å². The summed E-state index contributed by atoms with van der Waals surface area (Å²) in [6.07, 6.45) is 3.47. The van der Waals surface area contributed by atoms with E-state index in [-0.39, 0.29) is 23.8 Å². The van der Waals surface area contributed by atoms with Crippen LogP contribution in [-0.2, 0) is 9.59 Å². The summed E-state index contributed by atoms with van der Waals surface area (Å²) < 4.78 is 0. The van der Waals surface area contributed by atoms with Crippen molar-refractivity contribution in [3.63, 3.8) is 0 Å². The molecule has 2 aliphatic carbocycles. The molecule has 2 amide bonds. The second-order valence-corrected chi connectivity index (χ2v) is 6.83. The van der Waals surface area contributed by atoms with Gasteiger partial charge in [0, 0.05) is 18.2 Å². The molecule has 4 nitrogen and oxygen atoms in total. The molecular formula is C13H20N2O2S. The third-order valence-corrected chi connectivity index (χ3v) is 5.17. The van der Waals surface area contributed by atoms with Gasteiger partial charge in [0.1, 0.15) is 6.04 Å². The minimum atomic E-state index is -0.228. The van der Waals surface area contributed by atoms with Crippen molar-refractivity contribution in [3.05, 3.63) is 0 Å². The lowest BCUT2D eigenvalue weighted by Gasteiger charge is -2.23. The summed E-state index contributed by atoms with van der Waals surface area (Å²) in [5.41, 5.74) is 0. The van der Waals surface area contributed by atoms with Crippen molar-refractivity contribution in [2.75, 3.05) is 18.2 Å². The molecule has 18 heavy (non-hydrogen) atoms. The first-order valence-electron chi connectivity index (χ1n) is 6.82. The molecule has 0 aromatic rings. The standard InChI is InChI=1S/C13H20N2O2S/c1-8-4-10(8)13(17)15-7-18-6-11(15)12(16)14-5-9-2-3-9/h8-11H,2-7H2,1H3,(H,14,16)/t8-,10-,11+/m1/s1. The van der Waals surface area contributed by atoms with Gasteiger partial charge in [-0.2, -0.15) is 0 Å². The van der Waals surface area contributed by atoms with Gasteiger partial charge in [0.15, 0.2) is 0 Å². The van der Waals surface area contributed by atoms with E-state index < -0.39 is 0 Å². The minimum absolute atomic E-state index is 0.0496. The van der Waals surface area contributed by atoms with Crippen LogP contribution in [0.4, 0.5) is 0 Å². The van der Waals surface area contributed by atoms with Gasteiger partial charge in [0.2, 0.25) is 11.8 Å². The second kappa shape index (κ2) is 4.76. The Bertz CT molecular complexity index is 370. The molecule has 1 heterocycles. The average molecular weight is 268 g/mol. The Hall–Kier alpha value is -0.710. The predicted molar refractivity (Wildman–Crippen MR) is 71.0 cm³/mol. The van der Waals surface area contributed by atoms with Gasteiger partial charge in [-0.1, -0.05) is 6.92 Å². The van der Waals surface area contributed by atoms with Crippen LogP contribution in [0.25, 0.3) is 0 Å². The lowest BCUT2D eigenvalue weighted by Crippen LogP contribution is -2.48. The third kappa shape index (κ3) is 2.51. The third-order valence-electron chi connectivity index (χ3n) is 4.16. The molecule has 100 valence electrons. The Balaban J connectivity index is 1.55. The highest BCUT2D eigenvalue weighted by Gasteiger charge is 2.45. The summed E-state index contributed by atoms with van der Waals surface area (Å²) in [5, 5.41) is 3.00. The number of hydrogen-bond donors (Lipinski definition) is 1. The molecule has 3 atom stereocenters. The summed E-state index contributed by atoms with van der Waals surface area (Å²) in [6, 6.07) is -0.228. The lowest BCUT2D eigenvalue weighted by atomic mass is 10.2. The number of carbonyl (C=O) groups excluding carboxylic acids is 2. The van der Waals surface area contributed by atoms with Gasteiger partial charge >= 0.3 is 0 Å². The molecule has 0 radical (unpaired) electrons. The predicted octanol–water partition coefficient (Wildman–Crippen LogP) is 1.07. The molecule has 1 aliphatic heterocycles. The van der Waals surface area contributed by atoms with Crippen LogP contribution in [0.2, 0.25) is 0 Å². The van der Waals surface area contributed by atoms with Crippen molar-refractivity contribution in [3.8, 4) is 0 Å². The first-order valence-corrected chi connectivity index (χ1v) is 7.98. The van der Waals surface area contributed by atoms with Gasteiger partial charge in [-0.15, -0.1) is 11.8 Å². The molecular weight excluding hydrogens is 248 g/mol. The maximum Gasteiger partial charge on any atom is 0.243 e. The number of rotatable bonds is 4. The Morgan fingerprint density at radius 2 is 2.11 bits per heavy atom. The van der Waals surface area contributed by atoms with Gasteiger partial charge < -0.3 is 10.2 Å². The lowest BCUT2D eigenvalue weighted by molar-refractivity contribution is -0.139. The molecule has 1 N–H and O–H groups in total. The maximum atomic E-state index is 12.2. The molecule has 5 heteroatoms. The molecule has 0 bridgehead atoms. The first-order chi connectivity index (χ1) is 8.66. The quantitative estimate of drug-likeness (QED) is 0.830. The van der Waals surface area contributed by atoms with Crippen LogP contribution in [-0.4, -0.2) is 40.9 Å². The van der Waals surface area contributed by atoms with Crippen LogP contribution >= 0.6 is 11.8 Å². The van der Waals surface area contributed by atoms with Crippen LogP contribution in [0, 0.1) is 17.8 Å². The molecule has 0 unspecified atom stereocenters. The van der Waals surface area contributed by atoms with Crippen LogP contribution in [0.15, 0.2) is 0 Å². The average Bonchev–Trinajstić information content (AvgIpc) is 3.25. The summed E-state index contributed by atoms with van der Waals surface area (Å²) in [5.74, 6) is 3.07. The normalized spacial score (nSPS) is 34.5. The minimum Gasteiger partial charge on any atom is -0.354 e. The second-order valence-electron chi connectivity index (χ2n) is 5.83. The molecule has 0 spiro atoms. The molecule has 3 rings (SSSR count). The Kier molecular flexibility index (Phi) is 3.26. The Morgan fingerprint density at radius 1 is 1.39 bits per heavy atom. The smallest absolute Gasteiger partial charge is 0.243 e. The van der Waals surface area contributed by atoms with Crippen molar-refractivity contribution in [1.82, 2.24) is 10.2 Å². The van der Waals surface area contributed by atoms with Crippen molar-refractivity contribution in [2.45, 2.75) is 32.2 Å². The van der Waals surface area contributed by atoms with Crippen LogP contribution in [0.3, 0.4) is 0 Å². The largest absolute Gasteiger partial charge is 0.354 e. The monoisotopic (exact) mass is 268 g/mol. The van der Waals surface area contributed by atoms with E-state index in [4.69, 9.17) is 0 Å². The number of hydrogen-bond acceptors (Lipinski definition) is 3. The number of nitrogens with zero attached hydrogens (tertiary/aromatic N) is 1. The van der Waals surface area contributed by atoms with E-state index >= 15 is 0 Å². The van der Waals surface area contributed by atoms with Crippen LogP contribution in [0.1, 0.15) is 26.2 Å². The van der Waals surface area contributed by atoms with E-state index in [2.05, 4.69) is 12.2 Å². The summed E-state index contributed by atoms with van der Waals surface area (Å²) in [6.45, 7) is 2.90. The van der Waals surface area contributed by atoms with Gasteiger partial charge in [-0.25, -0.2) is 0 Å². The number of carbonyl (C=O) groups is 2. The fourth-order valence-corrected chi connectivity index (χ4v) is 3.60. The molecule has 3 aliphatic rings. The molecule has 1 saturated heterocycles. The molecule has 0 aromatic carbocycles. The van der Waals surface area contributed by atoms with E-state index in [1.165, 1.54) is 12.8 Å². The highest BCUT2D eigenvalue weighted by atomic mass is 32.2. The van der Waals surface area contributed by atoms with Gasteiger partial charge in [-0.3, -0.25) is 9.59 Å². The van der Waals surface area contributed by atoms with Gasteiger partial charge in [0.25, 0.3) is 0 Å². The molecule has 3 fully saturated rings. The highest BCUT2D eigenvalue weighted by Crippen LogP contribution is 2.40. The summed E-state index contributed by atoms with van der Waals surface area (Å²) in [4.78, 5) is 26.1. The highest BCUT2D eigenvalue weighted by molar-refractivity contribution is 7.99. The topological polar surface area (TPSA) is 49.4 Å². The molecule has 2 saturated carbocycles. The number of thioether (sulfide) groups is 1. The van der Waals surface area contributed by atoms with E-state index in [0.29, 0.717) is 17.7 Å². The Morgan fingerprint density at radius 3 is 2.72 bits per heavy atom. The van der Waals surface area contributed by atoms with Crippen LogP contribution < -0.4 is 5.32 Å². The van der Waals surface area contributed by atoms with Crippen molar-refractivity contribution in [1.29, 1.82) is 0 Å². The van der Waals surface area contributed by atoms with E-state index in [1.807, 2.05) is 0 Å². The van der Waals surface area contributed by atoms with Gasteiger partial charge in [-0.05, 0) is 31.1 Å². The zero-order valence-corrected chi connectivity index (χ0v) is 11.5. The fourth-order valence-electron chi connectivity index (χ4n) is 2.44. The van der Waals surface area contributed by atoms with Gasteiger partial charge in [0.05, 0.1) is 5.88 Å². The van der Waals surface area contributed by atoms with Crippen molar-refractivity contribution < 1.29 is 9.59 Å². The fraction of sp³-hybridized carbons (Fsp3) is 0.846. The number of nitrogens with one attached hydrogen (secondary N) is 1. The number of amides is 2. The van der Waals surface area contributed by atoms with E-state index in [0.717, 1.165) is 18.7 Å². The van der Waals surface area contributed by atoms with E-state index in [9.17, 15) is 9.59 Å². The van der Waals surface area contributed by atoms with Crippen molar-refractivity contribution >= 4 is 23.6 Å². The van der Waals surface area contributed by atoms with E-state index in [1.54, 1.807) is 16.7 Å². The summed E-state index contributed by atoms with van der Waals surface area (Å²) in [7, 11) is 0. The SMILES string of the molecule is C[C@@H]1C[C@H]1C(=O)N1CSC[C@H]1C(=O)NCC1CC1. The summed E-state index contributed by atoms with van der Waals surface area (Å²) >= 11 is 1.69. The molecule has 0 aromatic heterocycles. The van der Waals surface area contributed by atoms with Crippen molar-refractivity contribution in [2.24, 2.45) is 17.8 Å².